The Labute approximate surface area is 320 Å². The number of pyridine rings is 1. The van der Waals surface area contributed by atoms with Crippen LogP contribution in [0.3, 0.4) is 0 Å². The highest BCUT2D eigenvalue weighted by molar-refractivity contribution is 5.78. The normalized spacial score (nSPS) is 15.5. The quantitative estimate of drug-likeness (QED) is 0.157. The molecule has 0 bridgehead atoms. The van der Waals surface area contributed by atoms with E-state index in [1.807, 2.05) is 104 Å². The van der Waals surface area contributed by atoms with Crippen molar-refractivity contribution in [3.05, 3.63) is 120 Å². The molecule has 0 aliphatic carbocycles. The van der Waals surface area contributed by atoms with E-state index in [4.69, 9.17) is 28.9 Å². The summed E-state index contributed by atoms with van der Waals surface area (Å²) in [5.74, 6) is 2.66. The minimum Gasteiger partial charge on any atom is -0.454 e. The van der Waals surface area contributed by atoms with Crippen molar-refractivity contribution in [3.63, 3.8) is 0 Å². The first kappa shape index (κ1) is 37.2. The minimum absolute atomic E-state index is 0.100. The number of H-pyrrole nitrogens is 1. The lowest BCUT2D eigenvalue weighted by molar-refractivity contribution is -0.112. The molecule has 3 aromatic carbocycles. The topological polar surface area (TPSA) is 136 Å². The van der Waals surface area contributed by atoms with Crippen LogP contribution in [-0.2, 0) is 27.5 Å². The van der Waals surface area contributed by atoms with Gasteiger partial charge in [-0.1, -0.05) is 66.7 Å². The van der Waals surface area contributed by atoms with Gasteiger partial charge in [0.1, 0.15) is 25.3 Å². The number of carbonyl (C=O) groups excluding carboxylic acids is 3. The second kappa shape index (κ2) is 17.8. The Morgan fingerprint density at radius 3 is 1.95 bits per heavy atom. The van der Waals surface area contributed by atoms with E-state index in [1.54, 1.807) is 9.80 Å². The van der Waals surface area contributed by atoms with E-state index in [-0.39, 0.29) is 37.4 Å². The number of imidazole rings is 1. The first-order chi connectivity index (χ1) is 26.9. The predicted octanol–water partition coefficient (Wildman–Crippen LogP) is 7.93. The smallest absolute Gasteiger partial charge is 0.410 e. The number of carbonyl (C=O) groups is 3. The Bertz CT molecular complexity index is 2060. The number of nitrogens with zero attached hydrogens (tertiary/aromatic N) is 4. The molecule has 1 N–H and O–H groups in total. The van der Waals surface area contributed by atoms with Crippen molar-refractivity contribution < 1.29 is 33.3 Å². The van der Waals surface area contributed by atoms with E-state index >= 15 is 0 Å². The molecule has 2 aromatic heterocycles. The Morgan fingerprint density at radius 2 is 1.35 bits per heavy atom. The highest BCUT2D eigenvalue weighted by atomic mass is 16.7. The van der Waals surface area contributed by atoms with E-state index < -0.39 is 0 Å². The maximum Gasteiger partial charge on any atom is 0.410 e. The Hall–Kier alpha value is -6.17. The van der Waals surface area contributed by atoms with E-state index in [0.717, 1.165) is 83.0 Å². The second-order valence-electron chi connectivity index (χ2n) is 13.9. The molecule has 0 radical (unpaired) electrons. The van der Waals surface area contributed by atoms with Gasteiger partial charge in [-0.2, -0.15) is 0 Å². The molecule has 12 nitrogen and oxygen atoms in total. The molecule has 0 unspecified atom stereocenters. The molecule has 0 atom stereocenters. The standard InChI is InChI=1S/C29H28N4O4.C14H17NO3/c1-19-6-5-9-23(30-19)27-26(22-10-11-24-25(16-22)37-18-36-24)31-28(32-27)21-12-14-33(15-13-21)29(34)35-17-20-7-3-2-4-8-20;16-10-12-6-8-15(9-7-12)14(17)18-11-13-4-2-1-3-5-13/h2-11,16,21H,12-15,17-18H2,1H3,(H,31,32);1-5,10,12H,6-9,11H2. The van der Waals surface area contributed by atoms with Gasteiger partial charge >= 0.3 is 12.2 Å². The number of benzene rings is 3. The van der Waals surface area contributed by atoms with Crippen molar-refractivity contribution >= 4 is 18.5 Å². The van der Waals surface area contributed by atoms with Crippen LogP contribution in [-0.4, -0.2) is 76.2 Å². The number of aromatic nitrogens is 3. The largest absolute Gasteiger partial charge is 0.454 e. The maximum absolute atomic E-state index is 12.6. The number of fused-ring (bicyclic) bond motifs is 1. The molecule has 3 aliphatic rings. The van der Waals surface area contributed by atoms with Crippen molar-refractivity contribution in [2.24, 2.45) is 5.92 Å². The van der Waals surface area contributed by atoms with E-state index in [1.165, 1.54) is 0 Å². The number of amides is 2. The highest BCUT2D eigenvalue weighted by Gasteiger charge is 2.29. The van der Waals surface area contributed by atoms with Gasteiger partial charge in [0, 0.05) is 49.3 Å². The van der Waals surface area contributed by atoms with Gasteiger partial charge in [0.05, 0.1) is 17.1 Å². The average Bonchev–Trinajstić information content (AvgIpc) is 3.91. The molecule has 3 aliphatic heterocycles. The lowest BCUT2D eigenvalue weighted by Crippen LogP contribution is -2.39. The molecule has 5 aromatic rings. The Balaban J connectivity index is 0.000000217. The summed E-state index contributed by atoms with van der Waals surface area (Å²) >= 11 is 0. The molecule has 0 spiro atoms. The monoisotopic (exact) mass is 743 g/mol. The van der Waals surface area contributed by atoms with Crippen LogP contribution in [0.15, 0.2) is 97.1 Å². The lowest BCUT2D eigenvalue weighted by Gasteiger charge is -2.30. The van der Waals surface area contributed by atoms with Crippen molar-refractivity contribution in [2.75, 3.05) is 33.0 Å². The van der Waals surface area contributed by atoms with Gasteiger partial charge in [-0.3, -0.25) is 4.98 Å². The van der Waals surface area contributed by atoms with E-state index in [2.05, 4.69) is 4.98 Å². The van der Waals surface area contributed by atoms with Crippen LogP contribution in [0.2, 0.25) is 0 Å². The second-order valence-corrected chi connectivity index (χ2v) is 13.9. The SMILES string of the molecule is Cc1cccc(-c2[nH]c(C3CCN(C(=O)OCc4ccccc4)CC3)nc2-c2ccc3c(c2)OCO3)n1.O=CC1CCN(C(=O)OCc2ccccc2)CC1. The molecule has 2 saturated heterocycles. The van der Waals surface area contributed by atoms with Gasteiger partial charge in [-0.15, -0.1) is 0 Å². The fraction of sp³-hybridized carbons (Fsp3) is 0.326. The number of ether oxygens (including phenoxy) is 4. The number of likely N-dealkylation sites (tertiary alicyclic amines) is 2. The van der Waals surface area contributed by atoms with Gasteiger partial charge in [0.15, 0.2) is 11.5 Å². The third-order valence-corrected chi connectivity index (χ3v) is 10.1. The summed E-state index contributed by atoms with van der Waals surface area (Å²) in [4.78, 5) is 51.8. The number of hydrogen-bond donors (Lipinski definition) is 1. The summed E-state index contributed by atoms with van der Waals surface area (Å²) in [6.07, 6.45) is 3.50. The van der Waals surface area contributed by atoms with Crippen LogP contribution in [0.5, 0.6) is 11.5 Å². The zero-order chi connectivity index (χ0) is 38.0. The number of rotatable bonds is 8. The maximum atomic E-state index is 12.6. The number of nitrogens with one attached hydrogen (secondary N) is 1. The third kappa shape index (κ3) is 9.50. The average molecular weight is 744 g/mol. The van der Waals surface area contributed by atoms with Crippen LogP contribution >= 0.6 is 0 Å². The molecule has 5 heterocycles. The number of hydrogen-bond acceptors (Lipinski definition) is 9. The zero-order valence-corrected chi connectivity index (χ0v) is 30.9. The molecule has 2 amide bonds. The molecular formula is C43H45N5O7. The molecule has 8 rings (SSSR count). The van der Waals surface area contributed by atoms with Crippen molar-refractivity contribution in [1.29, 1.82) is 0 Å². The van der Waals surface area contributed by atoms with Crippen LogP contribution in [0.25, 0.3) is 22.6 Å². The number of aryl methyl sites for hydroxylation is 1. The van der Waals surface area contributed by atoms with Gasteiger partial charge in [-0.25, -0.2) is 14.6 Å². The van der Waals surface area contributed by atoms with Crippen LogP contribution in [0, 0.1) is 12.8 Å². The Kier molecular flexibility index (Phi) is 12.0. The summed E-state index contributed by atoms with van der Waals surface area (Å²) < 4.78 is 21.9. The molecule has 12 heteroatoms. The van der Waals surface area contributed by atoms with Crippen molar-refractivity contribution in [1.82, 2.24) is 24.8 Å². The van der Waals surface area contributed by atoms with Gasteiger partial charge in [0.2, 0.25) is 6.79 Å². The fourth-order valence-electron chi connectivity index (χ4n) is 6.88. The summed E-state index contributed by atoms with van der Waals surface area (Å²) in [7, 11) is 0. The third-order valence-electron chi connectivity index (χ3n) is 10.1. The number of piperidine rings is 2. The molecule has 55 heavy (non-hydrogen) atoms. The summed E-state index contributed by atoms with van der Waals surface area (Å²) in [5, 5.41) is 0. The number of aldehydes is 1. The van der Waals surface area contributed by atoms with Gasteiger partial charge in [-0.05, 0) is 74.1 Å². The first-order valence-electron chi connectivity index (χ1n) is 18.7. The van der Waals surface area contributed by atoms with E-state index in [9.17, 15) is 14.4 Å². The minimum atomic E-state index is -0.289. The highest BCUT2D eigenvalue weighted by Crippen LogP contribution is 2.39. The fourth-order valence-corrected chi connectivity index (χ4v) is 6.88. The molecule has 284 valence electrons. The lowest BCUT2D eigenvalue weighted by atomic mass is 9.96. The summed E-state index contributed by atoms with van der Waals surface area (Å²) in [6, 6.07) is 31.2. The van der Waals surface area contributed by atoms with Crippen LogP contribution < -0.4 is 9.47 Å². The molecule has 0 saturated carbocycles. The molecular weight excluding hydrogens is 699 g/mol. The van der Waals surface area contributed by atoms with Crippen LogP contribution in [0.1, 0.15) is 54.2 Å². The van der Waals surface area contributed by atoms with Crippen molar-refractivity contribution in [3.8, 4) is 34.1 Å². The van der Waals surface area contributed by atoms with E-state index in [0.29, 0.717) is 38.5 Å². The van der Waals surface area contributed by atoms with Gasteiger partial charge in [0.25, 0.3) is 0 Å². The van der Waals surface area contributed by atoms with Gasteiger partial charge < -0.3 is 38.5 Å². The summed E-state index contributed by atoms with van der Waals surface area (Å²) in [5.41, 5.74) is 6.38. The summed E-state index contributed by atoms with van der Waals surface area (Å²) in [6.45, 7) is 5.24. The number of aromatic amines is 1. The molecule has 2 fully saturated rings. The Morgan fingerprint density at radius 1 is 0.745 bits per heavy atom. The first-order valence-corrected chi connectivity index (χ1v) is 18.7. The van der Waals surface area contributed by atoms with Crippen LogP contribution in [0.4, 0.5) is 9.59 Å². The van der Waals surface area contributed by atoms with Crippen molar-refractivity contribution in [2.45, 2.75) is 51.7 Å². The zero-order valence-electron chi connectivity index (χ0n) is 30.9. The predicted molar refractivity (Wildman–Crippen MR) is 205 cm³/mol.